The molecule has 1 fully saturated rings. The molecule has 30 heavy (non-hydrogen) atoms. The number of nitrogens with zero attached hydrogens (tertiary/aromatic N) is 2. The summed E-state index contributed by atoms with van der Waals surface area (Å²) in [6.45, 7) is 1.35. The van der Waals surface area contributed by atoms with Crippen LogP contribution in [0.5, 0.6) is 0 Å². The van der Waals surface area contributed by atoms with E-state index in [4.69, 9.17) is 0 Å². The Kier molecular flexibility index (Phi) is 4.92. The minimum atomic E-state index is -3.57. The average Bonchev–Trinajstić information content (AvgIpc) is 3.19. The van der Waals surface area contributed by atoms with Crippen LogP contribution in [0.3, 0.4) is 0 Å². The number of benzene rings is 3. The number of hydrogen-bond donors (Lipinski definition) is 0. The zero-order chi connectivity index (χ0) is 20.9. The first-order chi connectivity index (χ1) is 14.4. The summed E-state index contributed by atoms with van der Waals surface area (Å²) >= 11 is 3.33. The first-order valence-corrected chi connectivity index (χ1v) is 12.3. The summed E-state index contributed by atoms with van der Waals surface area (Å²) in [6.07, 6.45) is 2.05. The van der Waals surface area contributed by atoms with Gasteiger partial charge in [0.1, 0.15) is 0 Å². The van der Waals surface area contributed by atoms with E-state index in [-0.39, 0.29) is 10.8 Å². The van der Waals surface area contributed by atoms with Gasteiger partial charge in [0, 0.05) is 36.2 Å². The molecule has 0 unspecified atom stereocenters. The molecule has 0 atom stereocenters. The van der Waals surface area contributed by atoms with Gasteiger partial charge in [0.15, 0.2) is 0 Å². The van der Waals surface area contributed by atoms with E-state index >= 15 is 0 Å². The molecule has 7 heteroatoms. The van der Waals surface area contributed by atoms with Crippen molar-refractivity contribution < 1.29 is 13.2 Å². The summed E-state index contributed by atoms with van der Waals surface area (Å²) in [6, 6.07) is 16.9. The van der Waals surface area contributed by atoms with Crippen molar-refractivity contribution in [2.24, 2.45) is 0 Å². The second kappa shape index (κ2) is 7.48. The van der Waals surface area contributed by atoms with Gasteiger partial charge in [0.05, 0.1) is 4.90 Å². The van der Waals surface area contributed by atoms with Crippen LogP contribution < -0.4 is 0 Å². The molecule has 1 aliphatic carbocycles. The molecular weight excluding hydrogens is 464 g/mol. The summed E-state index contributed by atoms with van der Waals surface area (Å²) in [5.41, 5.74) is 3.32. The Bertz CT molecular complexity index is 1250. The first kappa shape index (κ1) is 19.7. The van der Waals surface area contributed by atoms with E-state index in [0.29, 0.717) is 31.7 Å². The zero-order valence-corrected chi connectivity index (χ0v) is 18.7. The molecule has 0 aromatic heterocycles. The molecule has 1 heterocycles. The number of carbonyl (C=O) groups is 1. The Labute approximate surface area is 184 Å². The van der Waals surface area contributed by atoms with Gasteiger partial charge in [-0.25, -0.2) is 8.42 Å². The fourth-order valence-corrected chi connectivity index (χ4v) is 6.53. The van der Waals surface area contributed by atoms with E-state index in [0.717, 1.165) is 22.7 Å². The highest BCUT2D eigenvalue weighted by Gasteiger charge is 2.31. The van der Waals surface area contributed by atoms with E-state index in [1.54, 1.807) is 29.2 Å². The minimum Gasteiger partial charge on any atom is -0.336 e. The summed E-state index contributed by atoms with van der Waals surface area (Å²) < 4.78 is 28.1. The fourth-order valence-electron chi connectivity index (χ4n) is 4.51. The molecule has 3 aromatic rings. The molecule has 0 spiro atoms. The molecule has 0 N–H and O–H groups in total. The molecule has 0 saturated carbocycles. The molecule has 5 rings (SSSR count). The van der Waals surface area contributed by atoms with Gasteiger partial charge < -0.3 is 4.90 Å². The van der Waals surface area contributed by atoms with Crippen molar-refractivity contribution in [1.29, 1.82) is 0 Å². The van der Waals surface area contributed by atoms with Crippen molar-refractivity contribution in [2.45, 2.75) is 17.7 Å². The predicted octanol–water partition coefficient (Wildman–Crippen LogP) is 3.85. The number of piperazine rings is 1. The fraction of sp³-hybridized carbons (Fsp3) is 0.261. The molecule has 1 aliphatic heterocycles. The third-order valence-corrected chi connectivity index (χ3v) is 8.45. The summed E-state index contributed by atoms with van der Waals surface area (Å²) in [5.74, 6) is -0.0231. The third-order valence-electron chi connectivity index (χ3n) is 6.07. The molecule has 1 amide bonds. The van der Waals surface area contributed by atoms with Crippen LogP contribution in [-0.2, 0) is 22.9 Å². The Balaban J connectivity index is 1.37. The van der Waals surface area contributed by atoms with E-state index in [1.165, 1.54) is 20.8 Å². The number of amides is 1. The van der Waals surface area contributed by atoms with Crippen LogP contribution in [0.25, 0.3) is 10.8 Å². The predicted molar refractivity (Wildman–Crippen MR) is 120 cm³/mol. The summed E-state index contributed by atoms with van der Waals surface area (Å²) in [5, 5.41) is 2.23. The quantitative estimate of drug-likeness (QED) is 0.567. The second-order valence-corrected chi connectivity index (χ2v) is 10.6. The van der Waals surface area contributed by atoms with Crippen LogP contribution in [0.2, 0.25) is 0 Å². The molecule has 1 saturated heterocycles. The normalized spacial score (nSPS) is 16.9. The van der Waals surface area contributed by atoms with Crippen molar-refractivity contribution in [3.8, 4) is 0 Å². The minimum absolute atomic E-state index is 0.0231. The highest BCUT2D eigenvalue weighted by atomic mass is 79.9. The maximum atomic E-state index is 13.3. The van der Waals surface area contributed by atoms with E-state index in [1.807, 2.05) is 18.2 Å². The van der Waals surface area contributed by atoms with Crippen LogP contribution in [0, 0.1) is 0 Å². The Morgan fingerprint density at radius 1 is 0.867 bits per heavy atom. The average molecular weight is 485 g/mol. The van der Waals surface area contributed by atoms with Gasteiger partial charge in [-0.1, -0.05) is 46.3 Å². The number of aryl methyl sites for hydroxylation is 2. The van der Waals surface area contributed by atoms with Gasteiger partial charge in [0.25, 0.3) is 5.91 Å². The third kappa shape index (κ3) is 3.25. The highest BCUT2D eigenvalue weighted by Crippen LogP contribution is 2.33. The lowest BCUT2D eigenvalue weighted by atomic mass is 9.99. The largest absolute Gasteiger partial charge is 0.336 e. The highest BCUT2D eigenvalue weighted by molar-refractivity contribution is 9.10. The van der Waals surface area contributed by atoms with Crippen molar-refractivity contribution in [3.63, 3.8) is 0 Å². The van der Waals surface area contributed by atoms with Gasteiger partial charge in [-0.15, -0.1) is 0 Å². The van der Waals surface area contributed by atoms with Gasteiger partial charge >= 0.3 is 0 Å². The molecule has 3 aromatic carbocycles. The first-order valence-electron chi connectivity index (χ1n) is 10.0. The van der Waals surface area contributed by atoms with E-state index in [9.17, 15) is 13.2 Å². The SMILES string of the molecule is O=C(c1ccc2c3c(cccc13)CC2)N1CCN(S(=O)(=O)c2cccc(Br)c2)CC1. The number of halogens is 1. The lowest BCUT2D eigenvalue weighted by molar-refractivity contribution is 0.0700. The van der Waals surface area contributed by atoms with Crippen LogP contribution in [0.4, 0.5) is 0 Å². The van der Waals surface area contributed by atoms with Gasteiger partial charge in [-0.3, -0.25) is 4.79 Å². The van der Waals surface area contributed by atoms with Crippen LogP contribution in [-0.4, -0.2) is 49.7 Å². The molecular formula is C23H21BrN2O3S. The summed E-state index contributed by atoms with van der Waals surface area (Å²) in [7, 11) is -3.57. The Hall–Kier alpha value is -2.22. The lowest BCUT2D eigenvalue weighted by Gasteiger charge is -2.34. The summed E-state index contributed by atoms with van der Waals surface area (Å²) in [4.78, 5) is 15.3. The molecule has 2 aliphatic rings. The van der Waals surface area contributed by atoms with Crippen LogP contribution >= 0.6 is 15.9 Å². The van der Waals surface area contributed by atoms with Gasteiger partial charge in [-0.05, 0) is 59.0 Å². The molecule has 5 nitrogen and oxygen atoms in total. The molecule has 0 radical (unpaired) electrons. The Morgan fingerprint density at radius 2 is 1.57 bits per heavy atom. The molecule has 0 bridgehead atoms. The van der Waals surface area contributed by atoms with Crippen molar-refractivity contribution >= 4 is 42.6 Å². The number of rotatable bonds is 3. The number of sulfonamides is 1. The number of carbonyl (C=O) groups excluding carboxylic acids is 1. The zero-order valence-electron chi connectivity index (χ0n) is 16.3. The standard InChI is InChI=1S/C23H21BrN2O3S/c24-18-4-2-5-19(15-18)30(28,29)26-13-11-25(12-14-26)23(27)21-10-9-17-8-7-16-3-1-6-20(21)22(16)17/h1-6,9-10,15H,7-8,11-14H2. The Morgan fingerprint density at radius 3 is 2.30 bits per heavy atom. The van der Waals surface area contributed by atoms with E-state index in [2.05, 4.69) is 28.1 Å². The van der Waals surface area contributed by atoms with E-state index < -0.39 is 10.0 Å². The van der Waals surface area contributed by atoms with Gasteiger partial charge in [0.2, 0.25) is 10.0 Å². The van der Waals surface area contributed by atoms with Crippen molar-refractivity contribution in [2.75, 3.05) is 26.2 Å². The van der Waals surface area contributed by atoms with Gasteiger partial charge in [-0.2, -0.15) is 4.31 Å². The molecule has 154 valence electrons. The maximum Gasteiger partial charge on any atom is 0.254 e. The van der Waals surface area contributed by atoms with Crippen molar-refractivity contribution in [3.05, 3.63) is 75.8 Å². The maximum absolute atomic E-state index is 13.3. The number of hydrogen-bond acceptors (Lipinski definition) is 3. The smallest absolute Gasteiger partial charge is 0.254 e. The van der Waals surface area contributed by atoms with Crippen LogP contribution in [0.1, 0.15) is 21.5 Å². The van der Waals surface area contributed by atoms with Crippen molar-refractivity contribution in [1.82, 2.24) is 9.21 Å². The monoisotopic (exact) mass is 484 g/mol. The van der Waals surface area contributed by atoms with Crippen LogP contribution in [0.15, 0.2) is 64.0 Å². The topological polar surface area (TPSA) is 57.7 Å². The lowest BCUT2D eigenvalue weighted by Crippen LogP contribution is -2.50. The second-order valence-electron chi connectivity index (χ2n) is 7.77.